The second-order valence-corrected chi connectivity index (χ2v) is 3.99. The van der Waals surface area contributed by atoms with Crippen LogP contribution < -0.4 is 4.74 Å². The first-order valence-corrected chi connectivity index (χ1v) is 5.63. The van der Waals surface area contributed by atoms with Crippen molar-refractivity contribution in [2.75, 3.05) is 0 Å². The highest BCUT2D eigenvalue weighted by Gasteiger charge is 2.19. The fourth-order valence-electron chi connectivity index (χ4n) is 1.60. The van der Waals surface area contributed by atoms with E-state index in [-0.39, 0.29) is 17.9 Å². The maximum atomic E-state index is 10.9. The highest BCUT2D eigenvalue weighted by molar-refractivity contribution is 5.88. The summed E-state index contributed by atoms with van der Waals surface area (Å²) in [5, 5.41) is 21.2. The molecule has 0 bridgehead atoms. The molecule has 7 heteroatoms. The smallest absolute Gasteiger partial charge is 0.358 e. The van der Waals surface area contributed by atoms with Gasteiger partial charge in [-0.05, 0) is 25.1 Å². The molecule has 0 amide bonds. The minimum Gasteiger partial charge on any atom is -0.489 e. The zero-order valence-corrected chi connectivity index (χ0v) is 10.5. The van der Waals surface area contributed by atoms with E-state index >= 15 is 0 Å². The molecule has 0 saturated carbocycles. The van der Waals surface area contributed by atoms with Gasteiger partial charge >= 0.3 is 11.9 Å². The topological polar surface area (TPSA) is 110 Å². The van der Waals surface area contributed by atoms with Crippen molar-refractivity contribution in [2.45, 2.75) is 13.5 Å². The Morgan fingerprint density at radius 2 is 2.05 bits per heavy atom. The number of hydrogen-bond acceptors (Lipinski definition) is 5. The van der Waals surface area contributed by atoms with Crippen LogP contribution in [-0.2, 0) is 6.61 Å². The number of aryl methyl sites for hydroxylation is 1. The van der Waals surface area contributed by atoms with Crippen LogP contribution >= 0.6 is 0 Å². The van der Waals surface area contributed by atoms with E-state index in [2.05, 4.69) is 5.16 Å². The van der Waals surface area contributed by atoms with Gasteiger partial charge in [0.05, 0.1) is 11.1 Å². The second-order valence-electron chi connectivity index (χ2n) is 3.99. The lowest BCUT2D eigenvalue weighted by Gasteiger charge is -2.06. The number of ether oxygens (including phenoxy) is 1. The molecule has 0 saturated heterocycles. The number of rotatable bonds is 5. The first-order chi connectivity index (χ1) is 9.49. The first kappa shape index (κ1) is 13.6. The summed E-state index contributed by atoms with van der Waals surface area (Å²) in [5.74, 6) is -1.61. The third kappa shape index (κ3) is 2.77. The molecule has 0 spiro atoms. The molecule has 104 valence electrons. The summed E-state index contributed by atoms with van der Waals surface area (Å²) in [6.45, 7) is 1.51. The van der Waals surface area contributed by atoms with Gasteiger partial charge < -0.3 is 19.5 Å². The summed E-state index contributed by atoms with van der Waals surface area (Å²) in [6, 6.07) is 5.90. The Balaban J connectivity index is 2.17. The van der Waals surface area contributed by atoms with Gasteiger partial charge in [0.25, 0.3) is 0 Å². The normalized spacial score (nSPS) is 10.2. The van der Waals surface area contributed by atoms with Crippen molar-refractivity contribution in [1.29, 1.82) is 0 Å². The van der Waals surface area contributed by atoms with Crippen LogP contribution in [0.4, 0.5) is 0 Å². The summed E-state index contributed by atoms with van der Waals surface area (Å²) in [6.07, 6.45) is 0. The largest absolute Gasteiger partial charge is 0.489 e. The van der Waals surface area contributed by atoms with Crippen molar-refractivity contribution < 1.29 is 29.1 Å². The molecule has 0 aliphatic carbocycles. The predicted octanol–water partition coefficient (Wildman–Crippen LogP) is 1.96. The van der Waals surface area contributed by atoms with Gasteiger partial charge in [-0.2, -0.15) is 0 Å². The molecule has 0 radical (unpaired) electrons. The van der Waals surface area contributed by atoms with E-state index in [0.717, 1.165) is 0 Å². The highest BCUT2D eigenvalue weighted by Crippen LogP contribution is 2.19. The minimum absolute atomic E-state index is 0.0694. The Bertz CT molecular complexity index is 661. The van der Waals surface area contributed by atoms with Crippen LogP contribution in [0.25, 0.3) is 0 Å². The molecule has 2 rings (SSSR count). The molecule has 0 fully saturated rings. The average Bonchev–Trinajstić information content (AvgIpc) is 2.78. The van der Waals surface area contributed by atoms with Crippen LogP contribution in [0.15, 0.2) is 28.8 Å². The zero-order chi connectivity index (χ0) is 14.7. The van der Waals surface area contributed by atoms with Crippen molar-refractivity contribution in [2.24, 2.45) is 0 Å². The van der Waals surface area contributed by atoms with E-state index in [4.69, 9.17) is 19.5 Å². The van der Waals surface area contributed by atoms with E-state index in [1.807, 2.05) is 0 Å². The SMILES string of the molecule is Cc1onc(C(=O)O)c1COc1cccc(C(=O)O)c1. The highest BCUT2D eigenvalue weighted by atomic mass is 16.5. The van der Waals surface area contributed by atoms with Crippen molar-refractivity contribution in [1.82, 2.24) is 5.16 Å². The molecule has 2 aromatic rings. The van der Waals surface area contributed by atoms with Crippen LogP contribution in [0, 0.1) is 6.92 Å². The average molecular weight is 277 g/mol. The van der Waals surface area contributed by atoms with Gasteiger partial charge in [0, 0.05) is 0 Å². The van der Waals surface area contributed by atoms with Crippen LogP contribution in [0.5, 0.6) is 5.75 Å². The number of carbonyl (C=O) groups is 2. The summed E-state index contributed by atoms with van der Waals surface area (Å²) in [5.41, 5.74) is 0.193. The van der Waals surface area contributed by atoms with Crippen LogP contribution in [0.2, 0.25) is 0 Å². The molecule has 0 aliphatic rings. The van der Waals surface area contributed by atoms with Crippen molar-refractivity contribution in [3.8, 4) is 5.75 Å². The van der Waals surface area contributed by atoms with E-state index in [0.29, 0.717) is 17.1 Å². The van der Waals surface area contributed by atoms with E-state index in [1.165, 1.54) is 18.2 Å². The number of carboxylic acids is 2. The number of nitrogens with zero attached hydrogens (tertiary/aromatic N) is 1. The third-order valence-corrected chi connectivity index (χ3v) is 2.65. The van der Waals surface area contributed by atoms with E-state index < -0.39 is 11.9 Å². The quantitative estimate of drug-likeness (QED) is 0.859. The summed E-state index contributed by atoms with van der Waals surface area (Å²) in [4.78, 5) is 21.8. The van der Waals surface area contributed by atoms with Crippen molar-refractivity contribution >= 4 is 11.9 Å². The number of aromatic nitrogens is 1. The van der Waals surface area contributed by atoms with Gasteiger partial charge in [-0.25, -0.2) is 9.59 Å². The summed E-state index contributed by atoms with van der Waals surface area (Å²) < 4.78 is 10.2. The Hall–Kier alpha value is -2.83. The first-order valence-electron chi connectivity index (χ1n) is 5.63. The molecular formula is C13H11NO6. The molecule has 0 atom stereocenters. The standard InChI is InChI=1S/C13H11NO6/c1-7-10(11(13(17)18)14-20-7)6-19-9-4-2-3-8(5-9)12(15)16/h2-5H,6H2,1H3,(H,15,16)(H,17,18). The molecule has 7 nitrogen and oxygen atoms in total. The number of carboxylic acid groups (broad SMARTS) is 2. The Morgan fingerprint density at radius 1 is 1.30 bits per heavy atom. The molecular weight excluding hydrogens is 266 g/mol. The lowest BCUT2D eigenvalue weighted by atomic mass is 10.2. The Kier molecular flexibility index (Phi) is 3.69. The maximum Gasteiger partial charge on any atom is 0.358 e. The Morgan fingerprint density at radius 3 is 2.70 bits per heavy atom. The monoisotopic (exact) mass is 277 g/mol. The molecule has 0 aliphatic heterocycles. The number of benzene rings is 1. The second kappa shape index (κ2) is 5.43. The molecule has 2 N–H and O–H groups in total. The minimum atomic E-state index is -1.21. The molecule has 0 unspecified atom stereocenters. The van der Waals surface area contributed by atoms with E-state index in [1.54, 1.807) is 13.0 Å². The van der Waals surface area contributed by atoms with Gasteiger partial charge in [0.15, 0.2) is 5.69 Å². The zero-order valence-electron chi connectivity index (χ0n) is 10.5. The lowest BCUT2D eigenvalue weighted by Crippen LogP contribution is -2.05. The fraction of sp³-hybridized carbons (Fsp3) is 0.154. The lowest BCUT2D eigenvalue weighted by molar-refractivity contribution is 0.0678. The number of aromatic carboxylic acids is 2. The van der Waals surface area contributed by atoms with Gasteiger partial charge in [0.1, 0.15) is 18.1 Å². The Labute approximate surface area is 113 Å². The molecule has 1 aromatic heterocycles. The van der Waals surface area contributed by atoms with Crippen molar-refractivity contribution in [3.63, 3.8) is 0 Å². The van der Waals surface area contributed by atoms with Crippen LogP contribution in [0.1, 0.15) is 32.2 Å². The summed E-state index contributed by atoms with van der Waals surface area (Å²) in [7, 11) is 0. The fourth-order valence-corrected chi connectivity index (χ4v) is 1.60. The maximum absolute atomic E-state index is 10.9. The van der Waals surface area contributed by atoms with Crippen LogP contribution in [0.3, 0.4) is 0 Å². The number of hydrogen-bond donors (Lipinski definition) is 2. The van der Waals surface area contributed by atoms with Gasteiger partial charge in [-0.1, -0.05) is 11.2 Å². The van der Waals surface area contributed by atoms with Gasteiger partial charge in [-0.15, -0.1) is 0 Å². The van der Waals surface area contributed by atoms with Crippen LogP contribution in [-0.4, -0.2) is 27.3 Å². The third-order valence-electron chi connectivity index (χ3n) is 2.65. The van der Waals surface area contributed by atoms with Gasteiger partial charge in [-0.3, -0.25) is 0 Å². The molecule has 1 heterocycles. The van der Waals surface area contributed by atoms with Crippen molar-refractivity contribution in [3.05, 3.63) is 46.8 Å². The molecule has 1 aromatic carbocycles. The summed E-state index contributed by atoms with van der Waals surface area (Å²) >= 11 is 0. The molecule has 20 heavy (non-hydrogen) atoms. The van der Waals surface area contributed by atoms with Gasteiger partial charge in [0.2, 0.25) is 0 Å². The predicted molar refractivity (Wildman–Crippen MR) is 65.9 cm³/mol. The van der Waals surface area contributed by atoms with E-state index in [9.17, 15) is 9.59 Å².